The van der Waals surface area contributed by atoms with E-state index in [0.717, 1.165) is 32.2 Å². The van der Waals surface area contributed by atoms with Gasteiger partial charge in [0.2, 0.25) is 0 Å². The minimum atomic E-state index is -4.32. The Labute approximate surface area is 129 Å². The molecule has 0 saturated carbocycles. The molecule has 1 heterocycles. The summed E-state index contributed by atoms with van der Waals surface area (Å²) in [6.45, 7) is 8.22. The minimum absolute atomic E-state index is 0.170. The normalized spacial score (nSPS) is 22.7. The van der Waals surface area contributed by atoms with E-state index in [1.165, 1.54) is 12.1 Å². The van der Waals surface area contributed by atoms with Crippen LogP contribution in [-0.2, 0) is 6.18 Å². The summed E-state index contributed by atoms with van der Waals surface area (Å²) in [5, 5.41) is 0. The highest BCUT2D eigenvalue weighted by molar-refractivity contribution is 5.28. The molecular formula is C16H24F3N3. The van der Waals surface area contributed by atoms with Crippen LogP contribution in [0.15, 0.2) is 24.3 Å². The second-order valence-corrected chi connectivity index (χ2v) is 5.85. The van der Waals surface area contributed by atoms with Gasteiger partial charge in [-0.05, 0) is 31.2 Å². The van der Waals surface area contributed by atoms with Gasteiger partial charge in [-0.1, -0.05) is 19.1 Å². The summed E-state index contributed by atoms with van der Waals surface area (Å²) < 4.78 is 38.7. The lowest BCUT2D eigenvalue weighted by Gasteiger charge is -2.43. The maximum Gasteiger partial charge on any atom is 0.416 e. The number of rotatable bonds is 4. The quantitative estimate of drug-likeness (QED) is 0.927. The van der Waals surface area contributed by atoms with Gasteiger partial charge >= 0.3 is 6.18 Å². The Bertz CT molecular complexity index is 490. The molecule has 1 fully saturated rings. The standard InChI is InChI=1S/C16H24F3N3/c1-3-21-7-8-22(12(2)11-21)15(10-20)13-5-4-6-14(9-13)16(17,18)19/h4-6,9,12,15H,3,7-8,10-11,20H2,1-2H3. The van der Waals surface area contributed by atoms with E-state index in [-0.39, 0.29) is 12.1 Å². The van der Waals surface area contributed by atoms with Crippen molar-refractivity contribution in [1.29, 1.82) is 0 Å². The highest BCUT2D eigenvalue weighted by Gasteiger charge is 2.33. The van der Waals surface area contributed by atoms with E-state index in [1.807, 2.05) is 0 Å². The Balaban J connectivity index is 2.22. The molecule has 0 radical (unpaired) electrons. The first-order valence-corrected chi connectivity index (χ1v) is 7.72. The van der Waals surface area contributed by atoms with Crippen LogP contribution >= 0.6 is 0 Å². The molecule has 0 amide bonds. The fraction of sp³-hybridized carbons (Fsp3) is 0.625. The highest BCUT2D eigenvalue weighted by Crippen LogP contribution is 2.32. The number of alkyl halides is 3. The number of halogens is 3. The van der Waals surface area contributed by atoms with Crippen molar-refractivity contribution < 1.29 is 13.2 Å². The van der Waals surface area contributed by atoms with Gasteiger partial charge in [-0.3, -0.25) is 4.90 Å². The summed E-state index contributed by atoms with van der Waals surface area (Å²) >= 11 is 0. The van der Waals surface area contributed by atoms with Gasteiger partial charge in [0.05, 0.1) is 5.56 Å². The topological polar surface area (TPSA) is 32.5 Å². The lowest BCUT2D eigenvalue weighted by Crippen LogP contribution is -2.53. The van der Waals surface area contributed by atoms with Crippen LogP contribution in [0.3, 0.4) is 0 Å². The lowest BCUT2D eigenvalue weighted by atomic mass is 9.99. The molecule has 6 heteroatoms. The van der Waals surface area contributed by atoms with Crippen molar-refractivity contribution in [1.82, 2.24) is 9.80 Å². The Morgan fingerprint density at radius 1 is 1.32 bits per heavy atom. The van der Waals surface area contributed by atoms with Gasteiger partial charge in [0.25, 0.3) is 0 Å². The van der Waals surface area contributed by atoms with Crippen LogP contribution < -0.4 is 5.73 Å². The molecule has 0 spiro atoms. The van der Waals surface area contributed by atoms with Gasteiger partial charge in [0.15, 0.2) is 0 Å². The summed E-state index contributed by atoms with van der Waals surface area (Å²) in [6.07, 6.45) is -4.32. The number of piperazine rings is 1. The summed E-state index contributed by atoms with van der Waals surface area (Å²) in [5.41, 5.74) is 5.93. The summed E-state index contributed by atoms with van der Waals surface area (Å²) in [6, 6.07) is 5.65. The molecule has 22 heavy (non-hydrogen) atoms. The van der Waals surface area contributed by atoms with Crippen molar-refractivity contribution in [2.75, 3.05) is 32.7 Å². The second kappa shape index (κ2) is 6.98. The lowest BCUT2D eigenvalue weighted by molar-refractivity contribution is -0.137. The van der Waals surface area contributed by atoms with E-state index in [9.17, 15) is 13.2 Å². The number of likely N-dealkylation sites (N-methyl/N-ethyl adjacent to an activating group) is 1. The number of hydrogen-bond acceptors (Lipinski definition) is 3. The van der Waals surface area contributed by atoms with Gasteiger partial charge in [0, 0.05) is 38.3 Å². The Hall–Kier alpha value is -1.11. The predicted octanol–water partition coefficient (Wildman–Crippen LogP) is 2.73. The van der Waals surface area contributed by atoms with Crippen LogP contribution in [0.2, 0.25) is 0 Å². The molecule has 3 nitrogen and oxygen atoms in total. The Morgan fingerprint density at radius 3 is 2.59 bits per heavy atom. The van der Waals surface area contributed by atoms with E-state index in [0.29, 0.717) is 12.1 Å². The zero-order chi connectivity index (χ0) is 16.3. The Kier molecular flexibility index (Phi) is 5.47. The summed E-state index contributed by atoms with van der Waals surface area (Å²) in [5.74, 6) is 0. The fourth-order valence-corrected chi connectivity index (χ4v) is 3.18. The average Bonchev–Trinajstić information content (AvgIpc) is 2.49. The van der Waals surface area contributed by atoms with E-state index in [1.54, 1.807) is 6.07 Å². The fourth-order valence-electron chi connectivity index (χ4n) is 3.18. The molecule has 2 unspecified atom stereocenters. The smallest absolute Gasteiger partial charge is 0.329 e. The number of nitrogens with zero attached hydrogens (tertiary/aromatic N) is 2. The van der Waals surface area contributed by atoms with Crippen molar-refractivity contribution in [3.05, 3.63) is 35.4 Å². The van der Waals surface area contributed by atoms with Gasteiger partial charge in [-0.15, -0.1) is 0 Å². The molecule has 124 valence electrons. The van der Waals surface area contributed by atoms with Crippen LogP contribution in [0, 0.1) is 0 Å². The van der Waals surface area contributed by atoms with Crippen molar-refractivity contribution >= 4 is 0 Å². The molecule has 1 aromatic rings. The maximum atomic E-state index is 12.9. The summed E-state index contributed by atoms with van der Waals surface area (Å²) in [7, 11) is 0. The third-order valence-electron chi connectivity index (χ3n) is 4.43. The first-order valence-electron chi connectivity index (χ1n) is 7.72. The zero-order valence-electron chi connectivity index (χ0n) is 13.1. The molecule has 0 aromatic heterocycles. The molecule has 1 saturated heterocycles. The molecule has 1 aliphatic rings. The van der Waals surface area contributed by atoms with Crippen LogP contribution in [0.4, 0.5) is 13.2 Å². The largest absolute Gasteiger partial charge is 0.416 e. The molecule has 0 aliphatic carbocycles. The third kappa shape index (κ3) is 3.80. The van der Waals surface area contributed by atoms with Crippen molar-refractivity contribution in [3.63, 3.8) is 0 Å². The second-order valence-electron chi connectivity index (χ2n) is 5.85. The number of benzene rings is 1. The van der Waals surface area contributed by atoms with Crippen molar-refractivity contribution in [3.8, 4) is 0 Å². The molecule has 0 bridgehead atoms. The van der Waals surface area contributed by atoms with Gasteiger partial charge in [-0.2, -0.15) is 13.2 Å². The maximum absolute atomic E-state index is 12.9. The Morgan fingerprint density at radius 2 is 2.05 bits per heavy atom. The summed E-state index contributed by atoms with van der Waals surface area (Å²) in [4.78, 5) is 4.57. The molecule has 1 aliphatic heterocycles. The van der Waals surface area contributed by atoms with Gasteiger partial charge in [0.1, 0.15) is 0 Å². The predicted molar refractivity (Wildman–Crippen MR) is 81.5 cm³/mol. The molecular weight excluding hydrogens is 291 g/mol. The number of hydrogen-bond donors (Lipinski definition) is 1. The molecule has 1 aromatic carbocycles. The molecule has 2 N–H and O–H groups in total. The van der Waals surface area contributed by atoms with E-state index < -0.39 is 11.7 Å². The van der Waals surface area contributed by atoms with Crippen LogP contribution in [0.1, 0.15) is 31.0 Å². The monoisotopic (exact) mass is 315 g/mol. The van der Waals surface area contributed by atoms with Crippen molar-refractivity contribution in [2.24, 2.45) is 5.73 Å². The van der Waals surface area contributed by atoms with Crippen LogP contribution in [0.25, 0.3) is 0 Å². The van der Waals surface area contributed by atoms with E-state index in [2.05, 4.69) is 23.6 Å². The molecule has 2 atom stereocenters. The van der Waals surface area contributed by atoms with E-state index >= 15 is 0 Å². The van der Waals surface area contributed by atoms with Gasteiger partial charge < -0.3 is 10.6 Å². The first kappa shape index (κ1) is 17.2. The third-order valence-corrected chi connectivity index (χ3v) is 4.43. The van der Waals surface area contributed by atoms with Crippen molar-refractivity contribution in [2.45, 2.75) is 32.1 Å². The zero-order valence-corrected chi connectivity index (χ0v) is 13.1. The molecule has 2 rings (SSSR count). The highest BCUT2D eigenvalue weighted by atomic mass is 19.4. The minimum Gasteiger partial charge on any atom is -0.329 e. The number of nitrogens with two attached hydrogens (primary N) is 1. The van der Waals surface area contributed by atoms with E-state index in [4.69, 9.17) is 5.73 Å². The van der Waals surface area contributed by atoms with Gasteiger partial charge in [-0.25, -0.2) is 0 Å². The first-order chi connectivity index (χ1) is 10.4. The van der Waals surface area contributed by atoms with Crippen LogP contribution in [0.5, 0.6) is 0 Å². The van der Waals surface area contributed by atoms with Crippen LogP contribution in [-0.4, -0.2) is 48.6 Å². The SMILES string of the molecule is CCN1CCN(C(CN)c2cccc(C(F)(F)F)c2)C(C)C1. The average molecular weight is 315 g/mol.